The summed E-state index contributed by atoms with van der Waals surface area (Å²) in [6, 6.07) is 0.742. The number of rotatable bonds is 13. The Hall–Kier alpha value is -0.830. The molecule has 3 heteroatoms. The lowest BCUT2D eigenvalue weighted by molar-refractivity contribution is -0.139. The predicted octanol–water partition coefficient (Wildman–Crippen LogP) is 4.57. The number of nitrogens with zero attached hydrogens (tertiary/aromatic N) is 1. The van der Waals surface area contributed by atoms with Crippen molar-refractivity contribution in [3.63, 3.8) is 0 Å². The summed E-state index contributed by atoms with van der Waals surface area (Å²) in [5.41, 5.74) is 0.483. The van der Waals surface area contributed by atoms with E-state index in [1.165, 1.54) is 32.1 Å². The molecule has 0 aromatic carbocycles. The highest BCUT2D eigenvalue weighted by Crippen LogP contribution is 2.15. The molecule has 1 unspecified atom stereocenters. The van der Waals surface area contributed by atoms with Crippen LogP contribution in [0.3, 0.4) is 0 Å². The van der Waals surface area contributed by atoms with E-state index in [2.05, 4.69) is 32.3 Å². The smallest absolute Gasteiger partial charge is 0.333 e. The molecule has 124 valence electrons. The van der Waals surface area contributed by atoms with Crippen LogP contribution in [0.2, 0.25) is 0 Å². The van der Waals surface area contributed by atoms with Gasteiger partial charge in [0.2, 0.25) is 0 Å². The van der Waals surface area contributed by atoms with Crippen molar-refractivity contribution in [1.82, 2.24) is 4.90 Å². The van der Waals surface area contributed by atoms with Crippen LogP contribution in [0.1, 0.15) is 72.6 Å². The van der Waals surface area contributed by atoms with Crippen molar-refractivity contribution in [3.8, 4) is 0 Å². The van der Waals surface area contributed by atoms with E-state index < -0.39 is 0 Å². The second-order valence-electron chi connectivity index (χ2n) is 5.78. The second-order valence-corrected chi connectivity index (χ2v) is 5.78. The van der Waals surface area contributed by atoms with Crippen LogP contribution in [-0.2, 0) is 9.53 Å². The molecule has 0 aliphatic heterocycles. The van der Waals surface area contributed by atoms with Crippen molar-refractivity contribution < 1.29 is 9.53 Å². The van der Waals surface area contributed by atoms with Crippen LogP contribution in [0.25, 0.3) is 0 Å². The Morgan fingerprint density at radius 2 is 1.67 bits per heavy atom. The lowest BCUT2D eigenvalue weighted by Gasteiger charge is -2.29. The molecule has 0 aliphatic rings. The summed E-state index contributed by atoms with van der Waals surface area (Å²) >= 11 is 0. The van der Waals surface area contributed by atoms with Gasteiger partial charge in [0, 0.05) is 11.6 Å². The van der Waals surface area contributed by atoms with Gasteiger partial charge in [-0.3, -0.25) is 0 Å². The lowest BCUT2D eigenvalue weighted by Crippen LogP contribution is -2.34. The Morgan fingerprint density at radius 3 is 2.19 bits per heavy atom. The highest BCUT2D eigenvalue weighted by molar-refractivity contribution is 5.86. The third-order valence-corrected chi connectivity index (χ3v) is 3.96. The van der Waals surface area contributed by atoms with E-state index in [1.54, 1.807) is 6.92 Å². The van der Waals surface area contributed by atoms with Gasteiger partial charge in [-0.05, 0) is 39.3 Å². The molecule has 0 spiro atoms. The van der Waals surface area contributed by atoms with Gasteiger partial charge in [0.15, 0.2) is 0 Å². The first-order chi connectivity index (χ1) is 10.1. The lowest BCUT2D eigenvalue weighted by atomic mass is 10.0. The fraction of sp³-hybridized carbons (Fsp3) is 0.833. The first-order valence-electron chi connectivity index (χ1n) is 8.63. The minimum Gasteiger partial charge on any atom is -0.462 e. The zero-order chi connectivity index (χ0) is 16.1. The third-order valence-electron chi connectivity index (χ3n) is 3.96. The van der Waals surface area contributed by atoms with Gasteiger partial charge in [0.1, 0.15) is 0 Å². The van der Waals surface area contributed by atoms with Gasteiger partial charge < -0.3 is 9.64 Å². The van der Waals surface area contributed by atoms with Crippen LogP contribution in [0.4, 0.5) is 0 Å². The molecule has 0 saturated heterocycles. The summed E-state index contributed by atoms with van der Waals surface area (Å²) in [5, 5.41) is 0. The van der Waals surface area contributed by atoms with Crippen LogP contribution in [0.15, 0.2) is 12.2 Å². The van der Waals surface area contributed by atoms with Gasteiger partial charge in [-0.1, -0.05) is 53.0 Å². The number of carbonyl (C=O) groups is 1. The average molecular weight is 297 g/mol. The summed E-state index contributed by atoms with van der Waals surface area (Å²) in [4.78, 5) is 13.8. The van der Waals surface area contributed by atoms with E-state index in [1.807, 2.05) is 0 Å². The SMILES string of the molecule is C=C(C)C(=O)OCCCCCCC(CCC)N(CC)CC. The van der Waals surface area contributed by atoms with Crippen LogP contribution in [-0.4, -0.2) is 36.6 Å². The topological polar surface area (TPSA) is 29.5 Å². The summed E-state index contributed by atoms with van der Waals surface area (Å²) in [6.45, 7) is 14.9. The number of unbranched alkanes of at least 4 members (excludes halogenated alkanes) is 3. The Balaban J connectivity index is 3.71. The largest absolute Gasteiger partial charge is 0.462 e. The molecule has 0 aromatic heterocycles. The standard InChI is InChI=1S/C18H35NO2/c1-6-13-17(19(7-2)8-3)14-11-9-10-12-15-21-18(20)16(4)5/h17H,4,6-15H2,1-3,5H3. The van der Waals surface area contributed by atoms with Crippen LogP contribution < -0.4 is 0 Å². The monoisotopic (exact) mass is 297 g/mol. The number of hydrogen-bond acceptors (Lipinski definition) is 3. The van der Waals surface area contributed by atoms with Gasteiger partial charge in [-0.15, -0.1) is 0 Å². The maximum atomic E-state index is 11.2. The van der Waals surface area contributed by atoms with Crippen LogP contribution >= 0.6 is 0 Å². The molecule has 0 aliphatic carbocycles. The highest BCUT2D eigenvalue weighted by Gasteiger charge is 2.13. The van der Waals surface area contributed by atoms with Crippen molar-refractivity contribution in [2.45, 2.75) is 78.7 Å². The molecule has 3 nitrogen and oxygen atoms in total. The molecule has 0 amide bonds. The van der Waals surface area contributed by atoms with Crippen LogP contribution in [0.5, 0.6) is 0 Å². The molecular weight excluding hydrogens is 262 g/mol. The number of hydrogen-bond donors (Lipinski definition) is 0. The highest BCUT2D eigenvalue weighted by atomic mass is 16.5. The molecule has 1 atom stereocenters. The molecule has 21 heavy (non-hydrogen) atoms. The summed E-state index contributed by atoms with van der Waals surface area (Å²) < 4.78 is 5.10. The zero-order valence-electron chi connectivity index (χ0n) is 14.6. The van der Waals surface area contributed by atoms with E-state index >= 15 is 0 Å². The van der Waals surface area contributed by atoms with E-state index in [0.717, 1.165) is 32.0 Å². The minimum absolute atomic E-state index is 0.264. The molecule has 0 saturated carbocycles. The first-order valence-corrected chi connectivity index (χ1v) is 8.63. The minimum atomic E-state index is -0.264. The fourth-order valence-electron chi connectivity index (χ4n) is 2.71. The average Bonchev–Trinajstić information content (AvgIpc) is 2.46. The number of esters is 1. The second kappa shape index (κ2) is 12.9. The van der Waals surface area contributed by atoms with E-state index in [4.69, 9.17) is 4.74 Å². The van der Waals surface area contributed by atoms with Gasteiger partial charge in [0.25, 0.3) is 0 Å². The van der Waals surface area contributed by atoms with E-state index in [9.17, 15) is 4.79 Å². The fourth-order valence-corrected chi connectivity index (χ4v) is 2.71. The maximum absolute atomic E-state index is 11.2. The summed E-state index contributed by atoms with van der Waals surface area (Å²) in [6.07, 6.45) is 8.46. The summed E-state index contributed by atoms with van der Waals surface area (Å²) in [5.74, 6) is -0.264. The Kier molecular flexibility index (Phi) is 12.4. The maximum Gasteiger partial charge on any atom is 0.333 e. The molecule has 0 N–H and O–H groups in total. The Labute approximate surface area is 131 Å². The normalized spacial score (nSPS) is 12.4. The number of carbonyl (C=O) groups excluding carboxylic acids is 1. The van der Waals surface area contributed by atoms with Crippen LogP contribution in [0, 0.1) is 0 Å². The van der Waals surface area contributed by atoms with E-state index in [-0.39, 0.29) is 5.97 Å². The first kappa shape index (κ1) is 20.2. The molecule has 0 heterocycles. The van der Waals surface area contributed by atoms with Crippen molar-refractivity contribution >= 4 is 5.97 Å². The quantitative estimate of drug-likeness (QED) is 0.283. The van der Waals surface area contributed by atoms with Crippen molar-refractivity contribution in [3.05, 3.63) is 12.2 Å². The van der Waals surface area contributed by atoms with Crippen molar-refractivity contribution in [1.29, 1.82) is 0 Å². The predicted molar refractivity (Wildman–Crippen MR) is 90.5 cm³/mol. The molecule has 0 rings (SSSR count). The Bertz CT molecular complexity index is 285. The van der Waals surface area contributed by atoms with Gasteiger partial charge in [-0.25, -0.2) is 4.79 Å². The summed E-state index contributed by atoms with van der Waals surface area (Å²) in [7, 11) is 0. The van der Waals surface area contributed by atoms with Crippen molar-refractivity contribution in [2.75, 3.05) is 19.7 Å². The molecule has 0 aromatic rings. The molecular formula is C18H35NO2. The van der Waals surface area contributed by atoms with Gasteiger partial charge in [0.05, 0.1) is 6.61 Å². The Morgan fingerprint density at radius 1 is 1.05 bits per heavy atom. The van der Waals surface area contributed by atoms with Gasteiger partial charge in [-0.2, -0.15) is 0 Å². The zero-order valence-corrected chi connectivity index (χ0v) is 14.6. The molecule has 0 fully saturated rings. The molecule has 0 radical (unpaired) electrons. The third kappa shape index (κ3) is 9.67. The number of ether oxygens (including phenoxy) is 1. The molecule has 0 bridgehead atoms. The van der Waals surface area contributed by atoms with Crippen molar-refractivity contribution in [2.24, 2.45) is 0 Å². The van der Waals surface area contributed by atoms with Gasteiger partial charge >= 0.3 is 5.97 Å². The van der Waals surface area contributed by atoms with E-state index in [0.29, 0.717) is 12.2 Å².